The highest BCUT2D eigenvalue weighted by molar-refractivity contribution is 7.99. The SMILES string of the molecule is COc1ccc2nccc([C@@H](CC[C@@H]3CCN(CCSC4CCCC4)C[C@@H]3C(=O)O)N(C)C)c2c1. The zero-order chi connectivity index (χ0) is 24.8. The number of likely N-dealkylation sites (tertiary alicyclic amines) is 1. The molecule has 1 aliphatic heterocycles. The highest BCUT2D eigenvalue weighted by Crippen LogP contribution is 2.36. The van der Waals surface area contributed by atoms with E-state index in [1.807, 2.05) is 18.3 Å². The maximum Gasteiger partial charge on any atom is 0.308 e. The fourth-order valence-electron chi connectivity index (χ4n) is 5.93. The summed E-state index contributed by atoms with van der Waals surface area (Å²) in [6.07, 6.45) is 10.2. The molecule has 1 saturated carbocycles. The van der Waals surface area contributed by atoms with Crippen molar-refractivity contribution < 1.29 is 14.6 Å². The largest absolute Gasteiger partial charge is 0.497 e. The maximum absolute atomic E-state index is 12.2. The molecule has 1 aliphatic carbocycles. The number of thioether (sulfide) groups is 1. The minimum atomic E-state index is -0.636. The molecule has 0 spiro atoms. The van der Waals surface area contributed by atoms with Gasteiger partial charge in [-0.2, -0.15) is 11.8 Å². The lowest BCUT2D eigenvalue weighted by atomic mass is 9.80. The summed E-state index contributed by atoms with van der Waals surface area (Å²) < 4.78 is 5.47. The Bertz CT molecular complexity index is 979. The van der Waals surface area contributed by atoms with E-state index in [2.05, 4.69) is 52.8 Å². The van der Waals surface area contributed by atoms with Crippen molar-refractivity contribution in [3.05, 3.63) is 36.0 Å². The number of aromatic nitrogens is 1. The van der Waals surface area contributed by atoms with Gasteiger partial charge in [-0.1, -0.05) is 12.8 Å². The fraction of sp³-hybridized carbons (Fsp3) is 0.643. The number of hydrogen-bond acceptors (Lipinski definition) is 6. The highest BCUT2D eigenvalue weighted by atomic mass is 32.2. The van der Waals surface area contributed by atoms with Gasteiger partial charge in [0.1, 0.15) is 5.75 Å². The number of pyridine rings is 1. The van der Waals surface area contributed by atoms with Crippen molar-refractivity contribution in [2.75, 3.05) is 46.6 Å². The number of carboxylic acid groups (broad SMARTS) is 1. The summed E-state index contributed by atoms with van der Waals surface area (Å²) in [5, 5.41) is 12.0. The van der Waals surface area contributed by atoms with Crippen molar-refractivity contribution in [2.24, 2.45) is 11.8 Å². The number of ether oxygens (including phenoxy) is 1. The Morgan fingerprint density at radius 2 is 2.06 bits per heavy atom. The van der Waals surface area contributed by atoms with E-state index in [9.17, 15) is 9.90 Å². The molecule has 0 bridgehead atoms. The van der Waals surface area contributed by atoms with E-state index in [1.165, 1.54) is 31.2 Å². The van der Waals surface area contributed by atoms with Crippen molar-refractivity contribution in [3.8, 4) is 5.75 Å². The second-order valence-corrected chi connectivity index (χ2v) is 11.8. The molecule has 1 saturated heterocycles. The molecule has 3 atom stereocenters. The third-order valence-corrected chi connectivity index (χ3v) is 9.36. The number of piperidine rings is 1. The van der Waals surface area contributed by atoms with E-state index in [4.69, 9.17) is 4.74 Å². The van der Waals surface area contributed by atoms with Crippen molar-refractivity contribution in [1.29, 1.82) is 0 Å². The first-order chi connectivity index (χ1) is 17.0. The summed E-state index contributed by atoms with van der Waals surface area (Å²) >= 11 is 2.10. The Labute approximate surface area is 214 Å². The summed E-state index contributed by atoms with van der Waals surface area (Å²) in [4.78, 5) is 21.4. The Morgan fingerprint density at radius 3 is 2.77 bits per heavy atom. The molecule has 2 aliphatic rings. The van der Waals surface area contributed by atoms with Gasteiger partial charge in [-0.05, 0) is 88.5 Å². The zero-order valence-corrected chi connectivity index (χ0v) is 22.3. The van der Waals surface area contributed by atoms with Crippen LogP contribution in [0.4, 0.5) is 0 Å². The summed E-state index contributed by atoms with van der Waals surface area (Å²) in [5.74, 6) is 1.26. The molecule has 1 N–H and O–H groups in total. The Morgan fingerprint density at radius 1 is 1.26 bits per heavy atom. The molecule has 35 heavy (non-hydrogen) atoms. The van der Waals surface area contributed by atoms with Gasteiger partial charge in [-0.3, -0.25) is 9.78 Å². The Balaban J connectivity index is 1.39. The van der Waals surface area contributed by atoms with Crippen LogP contribution in [0.15, 0.2) is 30.5 Å². The molecule has 0 unspecified atom stereocenters. The van der Waals surface area contributed by atoms with Gasteiger partial charge in [0.25, 0.3) is 0 Å². The molecule has 2 heterocycles. The second kappa shape index (κ2) is 12.4. The number of nitrogens with zero attached hydrogens (tertiary/aromatic N) is 3. The lowest BCUT2D eigenvalue weighted by molar-refractivity contribution is -0.146. The predicted molar refractivity (Wildman–Crippen MR) is 144 cm³/mol. The standard InChI is InChI=1S/C28H41N3O3S/c1-30(2)27(23-12-14-29-26-10-9-21(34-3)18-24(23)26)11-8-20-13-15-31(19-25(20)28(32)33)16-17-35-22-6-4-5-7-22/h9-10,12,14,18,20,22,25,27H,4-8,11,13,15-17,19H2,1-3H3,(H,32,33)/t20-,25+,27-/m1/s1. The highest BCUT2D eigenvalue weighted by Gasteiger charge is 2.34. The molecule has 7 heteroatoms. The predicted octanol–water partition coefficient (Wildman–Crippen LogP) is 5.32. The van der Waals surface area contributed by atoms with Crippen LogP contribution in [0.1, 0.15) is 56.6 Å². The van der Waals surface area contributed by atoms with Gasteiger partial charge in [0.05, 0.1) is 18.5 Å². The van der Waals surface area contributed by atoms with E-state index in [0.717, 1.165) is 60.0 Å². The minimum Gasteiger partial charge on any atom is -0.497 e. The van der Waals surface area contributed by atoms with Gasteiger partial charge in [0, 0.05) is 41.7 Å². The number of carboxylic acids is 1. The molecule has 1 aromatic carbocycles. The minimum absolute atomic E-state index is 0.197. The molecule has 2 aromatic rings. The van der Waals surface area contributed by atoms with Crippen molar-refractivity contribution >= 4 is 28.6 Å². The first-order valence-electron chi connectivity index (χ1n) is 13.1. The van der Waals surface area contributed by atoms with Crippen LogP contribution in [0.25, 0.3) is 10.9 Å². The summed E-state index contributed by atoms with van der Waals surface area (Å²) in [7, 11) is 5.90. The van der Waals surface area contributed by atoms with Crippen LogP contribution in [-0.4, -0.2) is 77.7 Å². The van der Waals surface area contributed by atoms with Crippen LogP contribution < -0.4 is 4.74 Å². The fourth-order valence-corrected chi connectivity index (χ4v) is 7.29. The third kappa shape index (κ3) is 6.69. The molecular weight excluding hydrogens is 458 g/mol. The number of benzene rings is 1. The zero-order valence-electron chi connectivity index (χ0n) is 21.5. The van der Waals surface area contributed by atoms with Crippen LogP contribution >= 0.6 is 11.8 Å². The van der Waals surface area contributed by atoms with Crippen LogP contribution in [-0.2, 0) is 4.79 Å². The van der Waals surface area contributed by atoms with E-state index in [-0.39, 0.29) is 17.9 Å². The lowest BCUT2D eigenvalue weighted by Gasteiger charge is -2.37. The molecule has 2 fully saturated rings. The number of methoxy groups -OCH3 is 1. The van der Waals surface area contributed by atoms with Gasteiger partial charge in [-0.25, -0.2) is 0 Å². The van der Waals surface area contributed by atoms with Crippen LogP contribution in [0.3, 0.4) is 0 Å². The molecule has 1 aromatic heterocycles. The molecule has 6 nitrogen and oxygen atoms in total. The number of fused-ring (bicyclic) bond motifs is 1. The lowest BCUT2D eigenvalue weighted by Crippen LogP contribution is -2.44. The summed E-state index contributed by atoms with van der Waals surface area (Å²) in [5.41, 5.74) is 2.19. The quantitative estimate of drug-likeness (QED) is 0.448. The summed E-state index contributed by atoms with van der Waals surface area (Å²) in [6, 6.07) is 8.32. The number of rotatable bonds is 11. The second-order valence-electron chi connectivity index (χ2n) is 10.4. The molecule has 0 amide bonds. The molecule has 4 rings (SSSR count). The van der Waals surface area contributed by atoms with Crippen molar-refractivity contribution in [1.82, 2.24) is 14.8 Å². The first kappa shape index (κ1) is 26.2. The molecule has 0 radical (unpaired) electrons. The normalized spacial score (nSPS) is 22.6. The van der Waals surface area contributed by atoms with Crippen LogP contribution in [0.5, 0.6) is 5.75 Å². The van der Waals surface area contributed by atoms with Gasteiger partial charge >= 0.3 is 5.97 Å². The smallest absolute Gasteiger partial charge is 0.308 e. The van der Waals surface area contributed by atoms with Crippen LogP contribution in [0, 0.1) is 11.8 Å². The maximum atomic E-state index is 12.2. The first-order valence-corrected chi connectivity index (χ1v) is 14.2. The number of hydrogen-bond donors (Lipinski definition) is 1. The van der Waals surface area contributed by atoms with Gasteiger partial charge < -0.3 is 19.6 Å². The topological polar surface area (TPSA) is 65.9 Å². The van der Waals surface area contributed by atoms with Crippen molar-refractivity contribution in [2.45, 2.75) is 56.2 Å². The third-order valence-electron chi connectivity index (χ3n) is 8.00. The number of carbonyl (C=O) groups is 1. The van der Waals surface area contributed by atoms with E-state index >= 15 is 0 Å². The van der Waals surface area contributed by atoms with E-state index < -0.39 is 5.97 Å². The summed E-state index contributed by atoms with van der Waals surface area (Å²) in [6.45, 7) is 2.72. The Hall–Kier alpha value is -1.83. The van der Waals surface area contributed by atoms with Gasteiger partial charge in [0.2, 0.25) is 0 Å². The average molecular weight is 500 g/mol. The van der Waals surface area contributed by atoms with Gasteiger partial charge in [0.15, 0.2) is 0 Å². The van der Waals surface area contributed by atoms with E-state index in [1.54, 1.807) is 7.11 Å². The molecule has 192 valence electrons. The van der Waals surface area contributed by atoms with Gasteiger partial charge in [-0.15, -0.1) is 0 Å². The number of aliphatic carboxylic acids is 1. The monoisotopic (exact) mass is 499 g/mol. The van der Waals surface area contributed by atoms with Crippen LogP contribution in [0.2, 0.25) is 0 Å². The van der Waals surface area contributed by atoms with E-state index in [0.29, 0.717) is 6.54 Å². The average Bonchev–Trinajstić information content (AvgIpc) is 3.37. The van der Waals surface area contributed by atoms with Crippen molar-refractivity contribution in [3.63, 3.8) is 0 Å². The Kier molecular flexibility index (Phi) is 9.31. The molecular formula is C28H41N3O3S.